The van der Waals surface area contributed by atoms with Crippen LogP contribution in [0, 0.1) is 11.8 Å². The zero-order chi connectivity index (χ0) is 26.4. The monoisotopic (exact) mass is 525 g/mol. The second-order valence-corrected chi connectivity index (χ2v) is 10.7. The predicted octanol–water partition coefficient (Wildman–Crippen LogP) is 3.13. The molecule has 8 nitrogen and oxygen atoms in total. The van der Waals surface area contributed by atoms with Crippen molar-refractivity contribution in [2.75, 3.05) is 11.9 Å². The van der Waals surface area contributed by atoms with Gasteiger partial charge < -0.3 is 25.4 Å². The van der Waals surface area contributed by atoms with E-state index >= 15 is 0 Å². The van der Waals surface area contributed by atoms with E-state index in [0.29, 0.717) is 36.5 Å². The highest BCUT2D eigenvalue weighted by atomic mass is 35.5. The fourth-order valence-corrected chi connectivity index (χ4v) is 6.68. The molecule has 5 rings (SSSR count). The quantitative estimate of drug-likeness (QED) is 0.491. The van der Waals surface area contributed by atoms with Gasteiger partial charge in [0.15, 0.2) is 0 Å². The summed E-state index contributed by atoms with van der Waals surface area (Å²) in [6, 6.07) is 14.7. The van der Waals surface area contributed by atoms with Gasteiger partial charge >= 0.3 is 0 Å². The number of nitrogens with one attached hydrogen (secondary N) is 2. The molecule has 196 valence electrons. The van der Waals surface area contributed by atoms with Gasteiger partial charge in [-0.1, -0.05) is 48.9 Å². The average molecular weight is 526 g/mol. The number of likely N-dealkylation sites (tertiary alicyclic amines) is 1. The number of ether oxygens (including phenoxy) is 1. The highest BCUT2D eigenvalue weighted by molar-refractivity contribution is 6.30. The van der Waals surface area contributed by atoms with Crippen molar-refractivity contribution in [2.24, 2.45) is 11.8 Å². The van der Waals surface area contributed by atoms with Gasteiger partial charge in [-0.15, -0.1) is 0 Å². The second-order valence-electron chi connectivity index (χ2n) is 10.3. The largest absolute Gasteiger partial charge is 0.394 e. The van der Waals surface area contributed by atoms with Crippen LogP contribution in [-0.2, 0) is 25.7 Å². The number of rotatable bonds is 8. The van der Waals surface area contributed by atoms with Crippen molar-refractivity contribution in [2.45, 2.75) is 62.9 Å². The fraction of sp³-hybridized carbons (Fsp3) is 0.464. The molecule has 3 fully saturated rings. The molecule has 0 aromatic heterocycles. The number of benzene rings is 2. The molecule has 6 atom stereocenters. The first-order chi connectivity index (χ1) is 17.8. The molecule has 2 bridgehead atoms. The van der Waals surface area contributed by atoms with Crippen LogP contribution in [-0.4, -0.2) is 57.6 Å². The van der Waals surface area contributed by atoms with Gasteiger partial charge in [0.25, 0.3) is 0 Å². The van der Waals surface area contributed by atoms with Crippen LogP contribution >= 0.6 is 11.6 Å². The molecule has 3 aliphatic rings. The Balaban J connectivity index is 1.49. The third-order valence-corrected chi connectivity index (χ3v) is 8.56. The fourth-order valence-electron chi connectivity index (χ4n) is 6.55. The molecule has 0 aliphatic carbocycles. The summed E-state index contributed by atoms with van der Waals surface area (Å²) < 4.78 is 6.71. The van der Waals surface area contributed by atoms with Gasteiger partial charge in [-0.2, -0.15) is 0 Å². The first-order valence-corrected chi connectivity index (χ1v) is 13.2. The first kappa shape index (κ1) is 25.7. The van der Waals surface area contributed by atoms with Crippen LogP contribution in [0.1, 0.15) is 38.7 Å². The second kappa shape index (κ2) is 9.74. The lowest BCUT2D eigenvalue weighted by atomic mass is 9.65. The van der Waals surface area contributed by atoms with E-state index in [1.54, 1.807) is 31.2 Å². The minimum Gasteiger partial charge on any atom is -0.394 e. The van der Waals surface area contributed by atoms with Crippen molar-refractivity contribution in [3.8, 4) is 0 Å². The number of hydrogen-bond donors (Lipinski definition) is 3. The minimum atomic E-state index is -1.15. The van der Waals surface area contributed by atoms with E-state index in [9.17, 15) is 19.5 Å². The summed E-state index contributed by atoms with van der Waals surface area (Å²) in [6.07, 6.45) is 1.60. The predicted molar refractivity (Wildman–Crippen MR) is 139 cm³/mol. The van der Waals surface area contributed by atoms with E-state index in [0.717, 1.165) is 5.56 Å². The lowest BCUT2D eigenvalue weighted by Crippen LogP contribution is -2.55. The van der Waals surface area contributed by atoms with Crippen LogP contribution in [0.4, 0.5) is 5.69 Å². The Bertz CT molecular complexity index is 1190. The van der Waals surface area contributed by atoms with Gasteiger partial charge in [-0.25, -0.2) is 0 Å². The smallest absolute Gasteiger partial charge is 0.250 e. The Labute approximate surface area is 221 Å². The van der Waals surface area contributed by atoms with Crippen molar-refractivity contribution < 1.29 is 24.2 Å². The van der Waals surface area contributed by atoms with E-state index in [4.69, 9.17) is 16.3 Å². The standard InChI is InChI=1S/C28H32ClN3O5/c1-3-27-13-14-28(37-27)22(21(27)24(34)30-15-18-7-5-4-6-8-18)26(36)32(17(2)16-33)23(28)25(35)31-20-11-9-19(29)10-12-20/h4-12,17,21-23,33H,3,13-16H2,1-2H3,(H,30,34)(H,31,35)/t17-,21+,22+,23?,27-,28?/m1/s1. The van der Waals surface area contributed by atoms with E-state index in [-0.39, 0.29) is 18.4 Å². The third kappa shape index (κ3) is 4.11. The number of aliphatic hydroxyl groups is 1. The molecule has 3 amide bonds. The molecule has 2 aromatic carbocycles. The topological polar surface area (TPSA) is 108 Å². The zero-order valence-electron chi connectivity index (χ0n) is 20.9. The van der Waals surface area contributed by atoms with Crippen molar-refractivity contribution in [3.63, 3.8) is 0 Å². The molecule has 37 heavy (non-hydrogen) atoms. The maximum absolute atomic E-state index is 14.0. The highest BCUT2D eigenvalue weighted by Gasteiger charge is 2.78. The SMILES string of the molecule is CC[C@]12CCC3(O1)C(C(=O)Nc1ccc(Cl)cc1)N([C@H](C)CO)C(=O)[C@@H]3[C@H]2C(=O)NCc1ccccc1. The normalized spacial score (nSPS) is 30.8. The zero-order valence-corrected chi connectivity index (χ0v) is 21.7. The Morgan fingerprint density at radius 2 is 1.84 bits per heavy atom. The van der Waals surface area contributed by atoms with Gasteiger partial charge in [0, 0.05) is 17.3 Å². The number of carbonyl (C=O) groups is 3. The van der Waals surface area contributed by atoms with Gasteiger partial charge in [0.1, 0.15) is 11.6 Å². The molecule has 3 heterocycles. The lowest BCUT2D eigenvalue weighted by Gasteiger charge is -2.36. The number of anilines is 1. The lowest BCUT2D eigenvalue weighted by molar-refractivity contribution is -0.148. The van der Waals surface area contributed by atoms with Crippen LogP contribution in [0.2, 0.25) is 5.02 Å². The van der Waals surface area contributed by atoms with Crippen LogP contribution in [0.25, 0.3) is 0 Å². The number of amides is 3. The highest BCUT2D eigenvalue weighted by Crippen LogP contribution is 2.64. The summed E-state index contributed by atoms with van der Waals surface area (Å²) in [4.78, 5) is 42.9. The number of aliphatic hydroxyl groups excluding tert-OH is 1. The van der Waals surface area contributed by atoms with Crippen molar-refractivity contribution >= 4 is 35.0 Å². The van der Waals surface area contributed by atoms with Gasteiger partial charge in [-0.05, 0) is 56.0 Å². The maximum Gasteiger partial charge on any atom is 0.250 e. The molecule has 3 aliphatic heterocycles. The first-order valence-electron chi connectivity index (χ1n) is 12.8. The van der Waals surface area contributed by atoms with Crippen molar-refractivity contribution in [1.29, 1.82) is 0 Å². The molecule has 0 radical (unpaired) electrons. The van der Waals surface area contributed by atoms with Gasteiger partial charge in [0.05, 0.1) is 30.1 Å². The summed E-state index contributed by atoms with van der Waals surface area (Å²) >= 11 is 5.99. The summed E-state index contributed by atoms with van der Waals surface area (Å²) in [7, 11) is 0. The molecule has 3 N–H and O–H groups in total. The third-order valence-electron chi connectivity index (χ3n) is 8.31. The number of halogens is 1. The van der Waals surface area contributed by atoms with Crippen LogP contribution in [0.15, 0.2) is 54.6 Å². The Morgan fingerprint density at radius 1 is 1.14 bits per heavy atom. The van der Waals surface area contributed by atoms with Crippen molar-refractivity contribution in [3.05, 3.63) is 65.2 Å². The van der Waals surface area contributed by atoms with E-state index in [1.807, 2.05) is 37.3 Å². The molecule has 2 unspecified atom stereocenters. The number of fused-ring (bicyclic) bond motifs is 1. The van der Waals surface area contributed by atoms with E-state index in [2.05, 4.69) is 10.6 Å². The van der Waals surface area contributed by atoms with Crippen LogP contribution in [0.3, 0.4) is 0 Å². The van der Waals surface area contributed by atoms with E-state index in [1.165, 1.54) is 4.90 Å². The molecule has 1 spiro atoms. The Hall–Kier alpha value is -2.94. The summed E-state index contributed by atoms with van der Waals surface area (Å²) in [6.45, 7) is 3.67. The van der Waals surface area contributed by atoms with Crippen LogP contribution in [0.5, 0.6) is 0 Å². The van der Waals surface area contributed by atoms with Crippen LogP contribution < -0.4 is 10.6 Å². The molecular weight excluding hydrogens is 494 g/mol. The minimum absolute atomic E-state index is 0.249. The molecule has 0 saturated carbocycles. The summed E-state index contributed by atoms with van der Waals surface area (Å²) in [5.74, 6) is -2.53. The molecule has 9 heteroatoms. The molecule has 2 aromatic rings. The summed E-state index contributed by atoms with van der Waals surface area (Å²) in [5.41, 5.74) is -0.488. The van der Waals surface area contributed by atoms with Gasteiger partial charge in [-0.3, -0.25) is 14.4 Å². The molecular formula is C28H32ClN3O5. The van der Waals surface area contributed by atoms with E-state index < -0.39 is 41.0 Å². The van der Waals surface area contributed by atoms with Gasteiger partial charge in [0.2, 0.25) is 17.7 Å². The summed E-state index contributed by atoms with van der Waals surface area (Å²) in [5, 5.41) is 16.4. The number of nitrogens with zero attached hydrogens (tertiary/aromatic N) is 1. The average Bonchev–Trinajstić information content (AvgIpc) is 3.52. The Morgan fingerprint density at radius 3 is 2.49 bits per heavy atom. The molecule has 3 saturated heterocycles. The number of hydrogen-bond acceptors (Lipinski definition) is 5. The maximum atomic E-state index is 14.0. The van der Waals surface area contributed by atoms with Crippen molar-refractivity contribution in [1.82, 2.24) is 10.2 Å². The Kier molecular flexibility index (Phi) is 6.77. The number of carbonyl (C=O) groups excluding carboxylic acids is 3.